The second kappa shape index (κ2) is 16.9. The lowest BCUT2D eigenvalue weighted by Crippen LogP contribution is -2.21. The monoisotopic (exact) mass is 868 g/mol. The summed E-state index contributed by atoms with van der Waals surface area (Å²) in [7, 11) is 0. The Morgan fingerprint density at radius 2 is 0.894 bits per heavy atom. The van der Waals surface area contributed by atoms with Gasteiger partial charge in [0.2, 0.25) is 0 Å². The first-order valence-corrected chi connectivity index (χ1v) is 23.8. The molecule has 0 aliphatic heterocycles. The van der Waals surface area contributed by atoms with Crippen molar-refractivity contribution < 1.29 is 0 Å². The number of aromatic nitrogens is 1. The number of anilines is 7. The molecule has 0 saturated heterocycles. The highest BCUT2D eigenvalue weighted by atomic mass is 32.1. The third kappa shape index (κ3) is 7.09. The van der Waals surface area contributed by atoms with Gasteiger partial charge in [0.15, 0.2) is 0 Å². The normalized spacial score (nSPS) is 14.7. The number of nitrogens with zero attached hydrogens (tertiary/aromatic N) is 4. The molecular weight excluding hydrogens is 821 g/mol. The second-order valence-corrected chi connectivity index (χ2v) is 18.4. The van der Waals surface area contributed by atoms with Gasteiger partial charge in [0.1, 0.15) is 0 Å². The predicted octanol–water partition coefficient (Wildman–Crippen LogP) is 17.5. The van der Waals surface area contributed by atoms with Crippen LogP contribution in [-0.2, 0) is 0 Å². The Morgan fingerprint density at radius 3 is 1.38 bits per heavy atom. The molecular formula is C61H48N4S. The van der Waals surface area contributed by atoms with E-state index in [9.17, 15) is 0 Å². The van der Waals surface area contributed by atoms with E-state index in [4.69, 9.17) is 0 Å². The Labute approximate surface area is 390 Å². The molecule has 8 aromatic carbocycles. The fourth-order valence-electron chi connectivity index (χ4n) is 10.3. The Balaban J connectivity index is 1.07. The van der Waals surface area contributed by atoms with Gasteiger partial charge >= 0.3 is 0 Å². The Kier molecular flexibility index (Phi) is 10.2. The molecule has 0 unspecified atom stereocenters. The van der Waals surface area contributed by atoms with E-state index >= 15 is 0 Å². The predicted molar refractivity (Wildman–Crippen MR) is 282 cm³/mol. The van der Waals surface area contributed by atoms with Gasteiger partial charge < -0.3 is 19.3 Å². The van der Waals surface area contributed by atoms with Crippen LogP contribution < -0.4 is 14.7 Å². The number of para-hydroxylation sites is 6. The largest absolute Gasteiger partial charge is 0.314 e. The zero-order chi connectivity index (χ0) is 44.0. The maximum Gasteiger partial charge on any atom is 0.0541 e. The van der Waals surface area contributed by atoms with E-state index in [1.54, 1.807) is 0 Å². The van der Waals surface area contributed by atoms with Gasteiger partial charge in [-0.05, 0) is 152 Å². The summed E-state index contributed by atoms with van der Waals surface area (Å²) in [4.78, 5) is 7.25. The van der Waals surface area contributed by atoms with Crippen LogP contribution in [0.1, 0.15) is 43.4 Å². The molecule has 318 valence electrons. The van der Waals surface area contributed by atoms with E-state index in [2.05, 4.69) is 257 Å². The van der Waals surface area contributed by atoms with Gasteiger partial charge in [-0.1, -0.05) is 116 Å². The van der Waals surface area contributed by atoms with E-state index in [1.165, 1.54) is 82.2 Å². The molecule has 0 radical (unpaired) electrons. The van der Waals surface area contributed by atoms with E-state index in [-0.39, 0.29) is 5.92 Å². The van der Waals surface area contributed by atoms with Gasteiger partial charge in [0, 0.05) is 82.5 Å². The molecule has 0 saturated carbocycles. The molecule has 12 rings (SSSR count). The molecule has 0 N–H and O–H groups in total. The van der Waals surface area contributed by atoms with Crippen LogP contribution in [0.4, 0.5) is 39.8 Å². The van der Waals surface area contributed by atoms with Gasteiger partial charge in [-0.3, -0.25) is 0 Å². The minimum atomic E-state index is 0.282. The average Bonchev–Trinajstić information content (AvgIpc) is 3.90. The third-order valence-electron chi connectivity index (χ3n) is 13.2. The summed E-state index contributed by atoms with van der Waals surface area (Å²) < 4.78 is 5.23. The molecule has 4 nitrogen and oxygen atoms in total. The van der Waals surface area contributed by atoms with Crippen LogP contribution in [0, 0.1) is 0 Å². The van der Waals surface area contributed by atoms with Crippen LogP contribution in [-0.4, -0.2) is 4.57 Å². The molecule has 2 aliphatic carbocycles. The van der Waals surface area contributed by atoms with Crippen molar-refractivity contribution >= 4 is 94.0 Å². The summed E-state index contributed by atoms with van der Waals surface area (Å²) in [5, 5.41) is 3.92. The van der Waals surface area contributed by atoms with Crippen LogP contribution in [0.15, 0.2) is 236 Å². The van der Waals surface area contributed by atoms with Crippen molar-refractivity contribution in [1.82, 2.24) is 4.57 Å². The second-order valence-electron chi connectivity index (χ2n) is 17.4. The maximum absolute atomic E-state index is 2.62. The SMILES string of the molecule is C[C@@H]1CC(N(c2ccccc2)c2ccccc2)=Cc2c1c1cc3sc4ccc(N(c5ccccc5)c5ccccc5)cc4c3cc1n2C1=CC=C(N(c2ccccc2)c2ccccc2)CC1. The molecule has 2 heterocycles. The van der Waals surface area contributed by atoms with Crippen molar-refractivity contribution in [3.8, 4) is 0 Å². The number of fused-ring (bicyclic) bond motifs is 6. The Hall–Kier alpha value is -7.86. The number of allylic oxidation sites excluding steroid dienone is 5. The molecule has 0 spiro atoms. The van der Waals surface area contributed by atoms with Crippen LogP contribution in [0.2, 0.25) is 0 Å². The first kappa shape index (κ1) is 39.7. The lowest BCUT2D eigenvalue weighted by atomic mass is 9.87. The molecule has 10 aromatic rings. The van der Waals surface area contributed by atoms with E-state index in [0.29, 0.717) is 0 Å². The van der Waals surface area contributed by atoms with Crippen LogP contribution in [0.3, 0.4) is 0 Å². The van der Waals surface area contributed by atoms with E-state index in [1.807, 2.05) is 11.3 Å². The minimum absolute atomic E-state index is 0.282. The highest BCUT2D eigenvalue weighted by Crippen LogP contribution is 2.49. The lowest BCUT2D eigenvalue weighted by molar-refractivity contribution is 0.730. The standard InChI is InChI=1S/C61H48N4S/c1-43-38-53(64(48-28-16-6-17-29-48)49-30-18-7-19-31-49)40-58-61(43)56-42-60-55(54-39-52(36-37-59(54)66-60)63(46-24-12-4-13-25-46)47-26-14-5-15-27-47)41-57(56)65(58)51-34-32-50(33-35-51)62(44-20-8-2-9-21-44)45-22-10-3-11-23-45/h2-32,34,36-37,39-43H,33,35,38H2,1H3/t43-/m1/s1. The minimum Gasteiger partial charge on any atom is -0.314 e. The fraction of sp³-hybridized carbons (Fsp3) is 0.0820. The summed E-state index contributed by atoms with van der Waals surface area (Å²) in [6.07, 6.45) is 9.97. The average molecular weight is 869 g/mol. The summed E-state index contributed by atoms with van der Waals surface area (Å²) in [6, 6.07) is 76.7. The van der Waals surface area contributed by atoms with Crippen molar-refractivity contribution in [2.75, 3.05) is 14.7 Å². The number of thiophene rings is 1. The molecule has 0 amide bonds. The summed E-state index contributed by atoms with van der Waals surface area (Å²) in [6.45, 7) is 2.43. The van der Waals surface area contributed by atoms with E-state index < -0.39 is 0 Å². The van der Waals surface area contributed by atoms with Crippen LogP contribution in [0.25, 0.3) is 42.8 Å². The third-order valence-corrected chi connectivity index (χ3v) is 14.4. The summed E-state index contributed by atoms with van der Waals surface area (Å²) in [5.41, 5.74) is 16.0. The number of hydrogen-bond acceptors (Lipinski definition) is 4. The number of rotatable bonds is 10. The summed E-state index contributed by atoms with van der Waals surface area (Å²) in [5.74, 6) is 0.282. The number of hydrogen-bond donors (Lipinski definition) is 0. The first-order chi connectivity index (χ1) is 32.7. The van der Waals surface area contributed by atoms with Crippen molar-refractivity contribution in [2.24, 2.45) is 0 Å². The van der Waals surface area contributed by atoms with Crippen molar-refractivity contribution in [2.45, 2.75) is 32.1 Å². The van der Waals surface area contributed by atoms with Crippen molar-refractivity contribution in [3.63, 3.8) is 0 Å². The van der Waals surface area contributed by atoms with Gasteiger partial charge in [0.25, 0.3) is 0 Å². The maximum atomic E-state index is 2.62. The van der Waals surface area contributed by atoms with Crippen molar-refractivity contribution in [3.05, 3.63) is 247 Å². The zero-order valence-electron chi connectivity index (χ0n) is 36.8. The quantitative estimate of drug-likeness (QED) is 0.136. The molecule has 1 atom stereocenters. The molecule has 0 bridgehead atoms. The topological polar surface area (TPSA) is 14.7 Å². The van der Waals surface area contributed by atoms with Gasteiger partial charge in [-0.2, -0.15) is 0 Å². The van der Waals surface area contributed by atoms with Gasteiger partial charge in [-0.25, -0.2) is 0 Å². The smallest absolute Gasteiger partial charge is 0.0541 e. The van der Waals surface area contributed by atoms with Gasteiger partial charge in [0.05, 0.1) is 11.2 Å². The Morgan fingerprint density at radius 1 is 0.424 bits per heavy atom. The molecule has 5 heteroatoms. The van der Waals surface area contributed by atoms with Gasteiger partial charge in [-0.15, -0.1) is 11.3 Å². The first-order valence-electron chi connectivity index (χ1n) is 23.0. The highest BCUT2D eigenvalue weighted by Gasteiger charge is 2.31. The van der Waals surface area contributed by atoms with Crippen LogP contribution >= 0.6 is 11.3 Å². The van der Waals surface area contributed by atoms with Crippen molar-refractivity contribution in [1.29, 1.82) is 0 Å². The number of benzene rings is 8. The molecule has 0 fully saturated rings. The zero-order valence-corrected chi connectivity index (χ0v) is 37.7. The van der Waals surface area contributed by atoms with E-state index in [0.717, 1.165) is 36.3 Å². The lowest BCUT2D eigenvalue weighted by Gasteiger charge is -2.33. The molecule has 2 aliphatic rings. The van der Waals surface area contributed by atoms with Crippen LogP contribution in [0.5, 0.6) is 0 Å². The summed E-state index contributed by atoms with van der Waals surface area (Å²) >= 11 is 1.90. The highest BCUT2D eigenvalue weighted by molar-refractivity contribution is 7.25. The Bertz CT molecular complexity index is 3330. The molecule has 66 heavy (non-hydrogen) atoms. The molecule has 2 aromatic heterocycles. The fourth-order valence-corrected chi connectivity index (χ4v) is 11.5.